The van der Waals surface area contributed by atoms with Crippen LogP contribution in [0.4, 0.5) is 0 Å². The summed E-state index contributed by atoms with van der Waals surface area (Å²) < 4.78 is 5.74. The Labute approximate surface area is 98.8 Å². The van der Waals surface area contributed by atoms with Crippen LogP contribution in [0.3, 0.4) is 0 Å². The van der Waals surface area contributed by atoms with Gasteiger partial charge in [-0.3, -0.25) is 0 Å². The van der Waals surface area contributed by atoms with Crippen LogP contribution in [0, 0.1) is 0 Å². The van der Waals surface area contributed by atoms with Crippen LogP contribution in [0.1, 0.15) is 40.5 Å². The second kappa shape index (κ2) is 9.08. The Bertz CT molecular complexity index is 125. The number of hydrogen-bond acceptors (Lipinski definition) is 1. The van der Waals surface area contributed by atoms with Crippen LogP contribution in [-0.4, -0.2) is 45.5 Å². The van der Waals surface area contributed by atoms with Crippen LogP contribution >= 0.6 is 0 Å². The molecule has 0 spiro atoms. The van der Waals surface area contributed by atoms with Crippen LogP contribution in [0.15, 0.2) is 0 Å². The van der Waals surface area contributed by atoms with E-state index in [2.05, 4.69) is 37.3 Å². The zero-order chi connectivity index (χ0) is 11.0. The molecule has 0 rings (SSSR count). The molecule has 0 saturated heterocycles. The van der Waals surface area contributed by atoms with Crippen LogP contribution in [0.25, 0.3) is 0 Å². The molecule has 0 amide bonds. The molecule has 0 radical (unpaired) electrons. The van der Waals surface area contributed by atoms with Gasteiger partial charge in [-0.25, -0.2) is 0 Å². The average molecular weight is 301 g/mol. The Morgan fingerprint density at radius 1 is 1.14 bits per heavy atom. The van der Waals surface area contributed by atoms with Crippen molar-refractivity contribution >= 4 is 21.4 Å². The molecular formula is C12H28InN. The van der Waals surface area contributed by atoms with Gasteiger partial charge in [0.25, 0.3) is 0 Å². The minimum atomic E-state index is -0.919. The zero-order valence-electron chi connectivity index (χ0n) is 10.8. The maximum absolute atomic E-state index is 2.58. The first-order valence-electron chi connectivity index (χ1n) is 6.35. The molecule has 0 aromatic carbocycles. The first kappa shape index (κ1) is 14.8. The van der Waals surface area contributed by atoms with E-state index in [1.165, 1.54) is 25.9 Å². The van der Waals surface area contributed by atoms with E-state index in [0.717, 1.165) is 6.04 Å². The Morgan fingerprint density at radius 2 is 1.79 bits per heavy atom. The molecule has 14 heavy (non-hydrogen) atoms. The summed E-state index contributed by atoms with van der Waals surface area (Å²) in [5.41, 5.74) is 0. The van der Waals surface area contributed by atoms with Crippen molar-refractivity contribution in [3.8, 4) is 0 Å². The van der Waals surface area contributed by atoms with E-state index in [1.54, 1.807) is 8.35 Å². The third-order valence-corrected chi connectivity index (χ3v) is 11.2. The molecule has 0 fully saturated rings. The second-order valence-corrected chi connectivity index (χ2v) is 15.0. The number of nitrogens with zero attached hydrogens (tertiary/aromatic N) is 1. The minimum absolute atomic E-state index is 0.729. The van der Waals surface area contributed by atoms with Crippen molar-refractivity contribution in [2.45, 2.75) is 59.6 Å². The fraction of sp³-hybridized carbons (Fsp3) is 1.00. The van der Waals surface area contributed by atoms with Gasteiger partial charge in [-0.05, 0) is 0 Å². The van der Waals surface area contributed by atoms with Crippen molar-refractivity contribution in [3.63, 3.8) is 0 Å². The number of rotatable bonds is 8. The molecular weight excluding hydrogens is 273 g/mol. The van der Waals surface area contributed by atoms with Gasteiger partial charge in [0.05, 0.1) is 0 Å². The van der Waals surface area contributed by atoms with E-state index >= 15 is 0 Å². The molecule has 1 nitrogen and oxygen atoms in total. The van der Waals surface area contributed by atoms with E-state index in [4.69, 9.17) is 0 Å². The molecule has 0 aliphatic carbocycles. The monoisotopic (exact) mass is 301 g/mol. The number of unbranched alkanes of at least 4 members (excludes halogenated alkanes) is 1. The van der Waals surface area contributed by atoms with Gasteiger partial charge < -0.3 is 0 Å². The van der Waals surface area contributed by atoms with Crippen molar-refractivity contribution in [2.75, 3.05) is 13.1 Å². The molecule has 0 heterocycles. The fourth-order valence-corrected chi connectivity index (χ4v) is 5.77. The number of hydrogen-bond donors (Lipinski definition) is 0. The third kappa shape index (κ3) is 7.17. The average Bonchev–Trinajstić information content (AvgIpc) is 2.16. The standard InChI is InChI=1S/C9H20N.C2H5.CH3.In/c1-5-7-8-10(6-2)9(3)4;1-2;;/h9H,1,5-8H2,2-4H3;1H2,2H3;1H3;. The van der Waals surface area contributed by atoms with Gasteiger partial charge >= 0.3 is 99.0 Å². The predicted octanol–water partition coefficient (Wildman–Crippen LogP) is 3.64. The molecule has 0 aliphatic heterocycles. The van der Waals surface area contributed by atoms with Crippen LogP contribution in [-0.2, 0) is 0 Å². The Hall–Kier alpha value is 0.830. The van der Waals surface area contributed by atoms with Gasteiger partial charge in [0.2, 0.25) is 0 Å². The maximum atomic E-state index is 2.58. The summed E-state index contributed by atoms with van der Waals surface area (Å²) in [6, 6.07) is 0.729. The summed E-state index contributed by atoms with van der Waals surface area (Å²) in [5, 5.41) is 0. The Morgan fingerprint density at radius 3 is 2.21 bits per heavy atom. The quantitative estimate of drug-likeness (QED) is 0.619. The van der Waals surface area contributed by atoms with Gasteiger partial charge in [0.1, 0.15) is 0 Å². The first-order chi connectivity index (χ1) is 6.61. The van der Waals surface area contributed by atoms with Gasteiger partial charge in [-0.15, -0.1) is 0 Å². The molecule has 0 aliphatic rings. The van der Waals surface area contributed by atoms with Gasteiger partial charge in [0.15, 0.2) is 0 Å². The van der Waals surface area contributed by atoms with E-state index in [9.17, 15) is 0 Å². The summed E-state index contributed by atoms with van der Waals surface area (Å²) >= 11 is -0.919. The van der Waals surface area contributed by atoms with E-state index in [-0.39, 0.29) is 0 Å². The molecule has 0 aromatic heterocycles. The van der Waals surface area contributed by atoms with Crippen molar-refractivity contribution in [2.24, 2.45) is 0 Å². The summed E-state index contributed by atoms with van der Waals surface area (Å²) in [6.07, 6.45) is 2.92. The zero-order valence-corrected chi connectivity index (χ0v) is 14.1. The van der Waals surface area contributed by atoms with E-state index < -0.39 is 21.4 Å². The summed E-state index contributed by atoms with van der Waals surface area (Å²) in [5.74, 6) is 0. The normalized spacial score (nSPS) is 11.4. The summed E-state index contributed by atoms with van der Waals surface area (Å²) in [4.78, 5) is 2.58. The SMILES string of the molecule is CCN(CCC[CH2][In]([CH3])[CH2]C)C(C)C. The molecule has 0 bridgehead atoms. The van der Waals surface area contributed by atoms with Gasteiger partial charge in [-0.1, -0.05) is 0 Å². The third-order valence-electron chi connectivity index (χ3n) is 3.23. The fourth-order valence-electron chi connectivity index (χ4n) is 1.79. The Balaban J connectivity index is 3.42. The van der Waals surface area contributed by atoms with Crippen molar-refractivity contribution in [1.29, 1.82) is 0 Å². The van der Waals surface area contributed by atoms with Crippen LogP contribution < -0.4 is 0 Å². The summed E-state index contributed by atoms with van der Waals surface area (Å²) in [7, 11) is 0. The molecule has 2 heteroatoms. The molecule has 0 unspecified atom stereocenters. The topological polar surface area (TPSA) is 3.24 Å². The van der Waals surface area contributed by atoms with Crippen molar-refractivity contribution < 1.29 is 0 Å². The molecule has 84 valence electrons. The molecule has 0 atom stereocenters. The Kier molecular flexibility index (Phi) is 9.62. The van der Waals surface area contributed by atoms with E-state index in [0.29, 0.717) is 0 Å². The molecule has 0 saturated carbocycles. The van der Waals surface area contributed by atoms with Crippen LogP contribution in [0.2, 0.25) is 13.0 Å². The van der Waals surface area contributed by atoms with Gasteiger partial charge in [0, 0.05) is 0 Å². The van der Waals surface area contributed by atoms with E-state index in [1.807, 2.05) is 0 Å². The van der Waals surface area contributed by atoms with Crippen LogP contribution in [0.5, 0.6) is 0 Å². The van der Waals surface area contributed by atoms with Gasteiger partial charge in [-0.2, -0.15) is 0 Å². The van der Waals surface area contributed by atoms with Crippen molar-refractivity contribution in [3.05, 3.63) is 0 Å². The van der Waals surface area contributed by atoms with Crippen molar-refractivity contribution in [1.82, 2.24) is 4.90 Å². The summed E-state index contributed by atoms with van der Waals surface area (Å²) in [6.45, 7) is 11.8. The second-order valence-electron chi connectivity index (χ2n) is 4.73. The predicted molar refractivity (Wildman–Crippen MR) is 68.5 cm³/mol. The molecule has 0 aromatic rings. The molecule has 0 N–H and O–H groups in total. The first-order valence-corrected chi connectivity index (χ1v) is 14.3.